The van der Waals surface area contributed by atoms with Crippen molar-refractivity contribution in [3.05, 3.63) is 24.3 Å². The van der Waals surface area contributed by atoms with Gasteiger partial charge in [-0.1, -0.05) is 205 Å². The van der Waals surface area contributed by atoms with Gasteiger partial charge in [0.05, 0.1) is 18.8 Å². The van der Waals surface area contributed by atoms with Crippen LogP contribution in [0.1, 0.15) is 232 Å². The Morgan fingerprint density at radius 2 is 0.854 bits per heavy atom. The van der Waals surface area contributed by atoms with E-state index in [-0.39, 0.29) is 12.5 Å². The second kappa shape index (κ2) is 40.3. The summed E-state index contributed by atoms with van der Waals surface area (Å²) >= 11 is 0. The van der Waals surface area contributed by atoms with Crippen LogP contribution in [0.4, 0.5) is 0 Å². The molecule has 4 nitrogen and oxygen atoms in total. The van der Waals surface area contributed by atoms with E-state index in [2.05, 4.69) is 43.5 Å². The van der Waals surface area contributed by atoms with E-state index in [1.54, 1.807) is 0 Å². The summed E-state index contributed by atoms with van der Waals surface area (Å²) in [5, 5.41) is 23.1. The largest absolute Gasteiger partial charge is 0.394 e. The zero-order valence-corrected chi connectivity index (χ0v) is 32.5. The van der Waals surface area contributed by atoms with Crippen molar-refractivity contribution in [3.8, 4) is 0 Å². The van der Waals surface area contributed by atoms with E-state index in [4.69, 9.17) is 0 Å². The smallest absolute Gasteiger partial charge is 0.220 e. The monoisotopic (exact) mass is 676 g/mol. The van der Waals surface area contributed by atoms with Crippen molar-refractivity contribution in [1.29, 1.82) is 0 Å². The normalized spacial score (nSPS) is 13.2. The van der Waals surface area contributed by atoms with Gasteiger partial charge >= 0.3 is 0 Å². The van der Waals surface area contributed by atoms with Gasteiger partial charge in [0.25, 0.3) is 0 Å². The molecule has 0 fully saturated rings. The quantitative estimate of drug-likeness (QED) is 0.0448. The molecular formula is C44H85NO3. The summed E-state index contributed by atoms with van der Waals surface area (Å²) in [5.74, 6) is -0.0331. The van der Waals surface area contributed by atoms with Crippen LogP contribution >= 0.6 is 0 Å². The minimum atomic E-state index is -0.657. The standard InChI is InChI=1S/C44H85NO3/c1-3-5-7-9-11-13-15-17-18-19-20-21-22-23-24-25-26-28-30-32-34-36-38-40-44(48)45-42(41-46)43(47)39-37-35-33-31-29-27-16-14-12-10-8-6-4-2/h15,17,19-20,42-43,46-47H,3-14,16,18,21-41H2,1-2H3,(H,45,48)/b17-15-,20-19-. The number of hydrogen-bond donors (Lipinski definition) is 3. The van der Waals surface area contributed by atoms with E-state index in [0.29, 0.717) is 12.8 Å². The zero-order valence-electron chi connectivity index (χ0n) is 32.5. The number of allylic oxidation sites excluding steroid dienone is 4. The minimum Gasteiger partial charge on any atom is -0.394 e. The van der Waals surface area contributed by atoms with Gasteiger partial charge in [-0.2, -0.15) is 0 Å². The first-order chi connectivity index (χ1) is 23.7. The van der Waals surface area contributed by atoms with Gasteiger partial charge in [-0.3, -0.25) is 4.79 Å². The zero-order chi connectivity index (χ0) is 35.0. The van der Waals surface area contributed by atoms with Crippen LogP contribution < -0.4 is 5.32 Å². The average Bonchev–Trinajstić information content (AvgIpc) is 3.09. The van der Waals surface area contributed by atoms with Gasteiger partial charge in [0.15, 0.2) is 0 Å². The van der Waals surface area contributed by atoms with Crippen LogP contribution in [-0.4, -0.2) is 34.9 Å². The lowest BCUT2D eigenvalue weighted by Gasteiger charge is -2.22. The van der Waals surface area contributed by atoms with E-state index in [1.165, 1.54) is 173 Å². The molecule has 0 saturated heterocycles. The fourth-order valence-electron chi connectivity index (χ4n) is 6.63. The molecule has 1 amide bonds. The Bertz CT molecular complexity index is 691. The van der Waals surface area contributed by atoms with Crippen molar-refractivity contribution in [2.24, 2.45) is 0 Å². The molecule has 0 rings (SSSR count). The number of amides is 1. The predicted molar refractivity (Wildman–Crippen MR) is 212 cm³/mol. The molecule has 0 aromatic carbocycles. The Balaban J connectivity index is 3.50. The summed E-state index contributed by atoms with van der Waals surface area (Å²) in [5.41, 5.74) is 0. The van der Waals surface area contributed by atoms with Gasteiger partial charge in [0, 0.05) is 6.42 Å². The Hall–Kier alpha value is -1.13. The molecule has 0 aliphatic carbocycles. The SMILES string of the molecule is CCCCCCC/C=C\C/C=C\CCCCCCCCCCCCCC(=O)NC(CO)C(O)CCCCCCCCCCCCCCC. The van der Waals surface area contributed by atoms with Crippen molar-refractivity contribution in [3.63, 3.8) is 0 Å². The van der Waals surface area contributed by atoms with Gasteiger partial charge in [-0.05, 0) is 44.9 Å². The topological polar surface area (TPSA) is 69.6 Å². The Kier molecular flexibility index (Phi) is 39.4. The second-order valence-corrected chi connectivity index (χ2v) is 14.8. The van der Waals surface area contributed by atoms with E-state index in [0.717, 1.165) is 32.1 Å². The summed E-state index contributed by atoms with van der Waals surface area (Å²) in [6.07, 6.45) is 51.0. The van der Waals surface area contributed by atoms with Crippen molar-refractivity contribution in [2.75, 3.05) is 6.61 Å². The molecule has 0 aliphatic rings. The first-order valence-electron chi connectivity index (χ1n) is 21.5. The summed E-state index contributed by atoms with van der Waals surface area (Å²) in [6.45, 7) is 4.35. The molecular weight excluding hydrogens is 590 g/mol. The second-order valence-electron chi connectivity index (χ2n) is 14.8. The average molecular weight is 676 g/mol. The molecule has 2 unspecified atom stereocenters. The number of rotatable bonds is 39. The fourth-order valence-corrected chi connectivity index (χ4v) is 6.63. The highest BCUT2D eigenvalue weighted by atomic mass is 16.3. The van der Waals surface area contributed by atoms with Gasteiger partial charge < -0.3 is 15.5 Å². The van der Waals surface area contributed by atoms with Crippen LogP contribution in [0.15, 0.2) is 24.3 Å². The van der Waals surface area contributed by atoms with Crippen LogP contribution in [0, 0.1) is 0 Å². The third-order valence-corrected chi connectivity index (χ3v) is 9.97. The molecule has 0 saturated carbocycles. The Morgan fingerprint density at radius 1 is 0.500 bits per heavy atom. The highest BCUT2D eigenvalue weighted by Crippen LogP contribution is 2.15. The number of nitrogens with one attached hydrogen (secondary N) is 1. The highest BCUT2D eigenvalue weighted by molar-refractivity contribution is 5.76. The van der Waals surface area contributed by atoms with Crippen LogP contribution in [0.25, 0.3) is 0 Å². The van der Waals surface area contributed by atoms with Crippen LogP contribution in [0.5, 0.6) is 0 Å². The molecule has 0 aromatic rings. The predicted octanol–water partition coefficient (Wildman–Crippen LogP) is 13.2. The number of aliphatic hydroxyl groups is 2. The summed E-state index contributed by atoms with van der Waals surface area (Å²) in [7, 11) is 0. The third-order valence-electron chi connectivity index (χ3n) is 9.97. The lowest BCUT2D eigenvalue weighted by atomic mass is 10.0. The highest BCUT2D eigenvalue weighted by Gasteiger charge is 2.20. The van der Waals surface area contributed by atoms with Crippen molar-refractivity contribution < 1.29 is 15.0 Å². The Morgan fingerprint density at radius 3 is 1.25 bits per heavy atom. The third kappa shape index (κ3) is 36.2. The first-order valence-corrected chi connectivity index (χ1v) is 21.5. The molecule has 284 valence electrons. The van der Waals surface area contributed by atoms with Gasteiger partial charge in [0.1, 0.15) is 0 Å². The molecule has 0 bridgehead atoms. The summed E-state index contributed by atoms with van der Waals surface area (Å²) in [6, 6.07) is -0.534. The number of hydrogen-bond acceptors (Lipinski definition) is 3. The molecule has 3 N–H and O–H groups in total. The van der Waals surface area contributed by atoms with E-state index >= 15 is 0 Å². The van der Waals surface area contributed by atoms with Crippen LogP contribution in [-0.2, 0) is 4.79 Å². The Labute approximate surface area is 300 Å². The van der Waals surface area contributed by atoms with Crippen molar-refractivity contribution in [2.45, 2.75) is 244 Å². The lowest BCUT2D eigenvalue weighted by Crippen LogP contribution is -2.45. The molecule has 0 radical (unpaired) electrons. The maximum Gasteiger partial charge on any atom is 0.220 e. The molecule has 0 spiro atoms. The fraction of sp³-hybridized carbons (Fsp3) is 0.886. The number of carbonyl (C=O) groups is 1. The number of unbranched alkanes of at least 4 members (excludes halogenated alkanes) is 28. The molecule has 4 heteroatoms. The van der Waals surface area contributed by atoms with Gasteiger partial charge in [-0.15, -0.1) is 0 Å². The minimum absolute atomic E-state index is 0.0331. The van der Waals surface area contributed by atoms with Gasteiger partial charge in [-0.25, -0.2) is 0 Å². The van der Waals surface area contributed by atoms with Gasteiger partial charge in [0.2, 0.25) is 5.91 Å². The number of aliphatic hydroxyl groups excluding tert-OH is 2. The molecule has 2 atom stereocenters. The van der Waals surface area contributed by atoms with E-state index in [9.17, 15) is 15.0 Å². The molecule has 0 aromatic heterocycles. The maximum absolute atomic E-state index is 12.4. The van der Waals surface area contributed by atoms with E-state index in [1.807, 2.05) is 0 Å². The number of carbonyl (C=O) groups excluding carboxylic acids is 1. The first kappa shape index (κ1) is 46.9. The molecule has 0 heterocycles. The van der Waals surface area contributed by atoms with Crippen LogP contribution in [0.2, 0.25) is 0 Å². The molecule has 0 aliphatic heterocycles. The summed E-state index contributed by atoms with van der Waals surface area (Å²) in [4.78, 5) is 12.4. The lowest BCUT2D eigenvalue weighted by molar-refractivity contribution is -0.123. The maximum atomic E-state index is 12.4. The summed E-state index contributed by atoms with van der Waals surface area (Å²) < 4.78 is 0. The molecule has 48 heavy (non-hydrogen) atoms. The van der Waals surface area contributed by atoms with Crippen LogP contribution in [0.3, 0.4) is 0 Å². The van der Waals surface area contributed by atoms with E-state index < -0.39 is 12.1 Å². The van der Waals surface area contributed by atoms with Crippen molar-refractivity contribution in [1.82, 2.24) is 5.32 Å². The van der Waals surface area contributed by atoms with Crippen molar-refractivity contribution >= 4 is 5.91 Å².